The molecule has 1 unspecified atom stereocenters. The third-order valence-corrected chi connectivity index (χ3v) is 3.65. The monoisotopic (exact) mass is 258 g/mol. The maximum atomic E-state index is 12.3. The SMILES string of the molecule is CN1CCCC(NC(=O)c2cccc3[nH]cnc23)C1. The van der Waals surface area contributed by atoms with Crippen molar-refractivity contribution in [3.05, 3.63) is 30.1 Å². The Morgan fingerprint density at radius 3 is 3.26 bits per heavy atom. The Kier molecular flexibility index (Phi) is 3.21. The number of hydrogen-bond donors (Lipinski definition) is 2. The molecule has 1 atom stereocenters. The number of likely N-dealkylation sites (N-methyl/N-ethyl adjacent to an activating group) is 1. The smallest absolute Gasteiger partial charge is 0.253 e. The Balaban J connectivity index is 1.78. The third-order valence-electron chi connectivity index (χ3n) is 3.65. The normalized spacial score (nSPS) is 20.6. The van der Waals surface area contributed by atoms with Crippen LogP contribution in [-0.4, -0.2) is 47.0 Å². The lowest BCUT2D eigenvalue weighted by atomic mass is 10.1. The molecule has 3 rings (SSSR count). The first-order valence-corrected chi connectivity index (χ1v) is 6.65. The molecule has 1 saturated heterocycles. The Morgan fingerprint density at radius 2 is 2.42 bits per heavy atom. The molecule has 0 aliphatic carbocycles. The van der Waals surface area contributed by atoms with Gasteiger partial charge >= 0.3 is 0 Å². The highest BCUT2D eigenvalue weighted by Gasteiger charge is 2.20. The molecule has 1 fully saturated rings. The Bertz CT molecular complexity index is 592. The number of benzene rings is 1. The number of nitrogens with one attached hydrogen (secondary N) is 2. The predicted molar refractivity (Wildman–Crippen MR) is 74.1 cm³/mol. The Morgan fingerprint density at radius 1 is 1.53 bits per heavy atom. The minimum Gasteiger partial charge on any atom is -0.348 e. The van der Waals surface area contributed by atoms with Crippen molar-refractivity contribution in [3.8, 4) is 0 Å². The molecule has 2 heterocycles. The van der Waals surface area contributed by atoms with Gasteiger partial charge in [0, 0.05) is 12.6 Å². The van der Waals surface area contributed by atoms with Gasteiger partial charge in [0.25, 0.3) is 5.91 Å². The number of piperidine rings is 1. The molecule has 5 heteroatoms. The van der Waals surface area contributed by atoms with Gasteiger partial charge in [-0.3, -0.25) is 4.79 Å². The second-order valence-electron chi connectivity index (χ2n) is 5.18. The molecular formula is C14H18N4O. The summed E-state index contributed by atoms with van der Waals surface area (Å²) in [6.07, 6.45) is 3.80. The second kappa shape index (κ2) is 5.01. The first kappa shape index (κ1) is 12.2. The summed E-state index contributed by atoms with van der Waals surface area (Å²) in [4.78, 5) is 21.8. The first-order chi connectivity index (χ1) is 9.24. The van der Waals surface area contributed by atoms with Gasteiger partial charge in [-0.1, -0.05) is 6.07 Å². The summed E-state index contributed by atoms with van der Waals surface area (Å²) in [5, 5.41) is 3.11. The lowest BCUT2D eigenvalue weighted by Gasteiger charge is -2.30. The van der Waals surface area contributed by atoms with Crippen molar-refractivity contribution in [2.45, 2.75) is 18.9 Å². The number of fused-ring (bicyclic) bond motifs is 1. The number of H-pyrrole nitrogens is 1. The fourth-order valence-electron chi connectivity index (χ4n) is 2.70. The summed E-state index contributed by atoms with van der Waals surface area (Å²) in [5.41, 5.74) is 2.28. The van der Waals surface area contributed by atoms with Gasteiger partial charge in [-0.15, -0.1) is 0 Å². The molecule has 19 heavy (non-hydrogen) atoms. The number of para-hydroxylation sites is 1. The summed E-state index contributed by atoms with van der Waals surface area (Å²) >= 11 is 0. The van der Waals surface area contributed by atoms with Crippen molar-refractivity contribution in [1.82, 2.24) is 20.2 Å². The van der Waals surface area contributed by atoms with Crippen molar-refractivity contribution >= 4 is 16.9 Å². The standard InChI is InChI=1S/C14H18N4O/c1-18-7-3-4-10(8-18)17-14(19)11-5-2-6-12-13(11)16-9-15-12/h2,5-6,9-10H,3-4,7-8H2,1H3,(H,15,16)(H,17,19). The van der Waals surface area contributed by atoms with E-state index in [1.165, 1.54) is 0 Å². The zero-order chi connectivity index (χ0) is 13.2. The van der Waals surface area contributed by atoms with Crippen LogP contribution in [0.25, 0.3) is 11.0 Å². The van der Waals surface area contributed by atoms with Gasteiger partial charge in [0.1, 0.15) is 5.52 Å². The van der Waals surface area contributed by atoms with E-state index in [1.54, 1.807) is 6.33 Å². The number of aromatic amines is 1. The summed E-state index contributed by atoms with van der Waals surface area (Å²) < 4.78 is 0. The van der Waals surface area contributed by atoms with Gasteiger partial charge in [0.2, 0.25) is 0 Å². The van der Waals surface area contributed by atoms with Crippen molar-refractivity contribution in [2.75, 3.05) is 20.1 Å². The molecule has 1 aliphatic rings. The van der Waals surface area contributed by atoms with Crippen LogP contribution >= 0.6 is 0 Å². The van der Waals surface area contributed by atoms with E-state index in [0.717, 1.165) is 37.0 Å². The summed E-state index contributed by atoms with van der Waals surface area (Å²) in [7, 11) is 2.09. The van der Waals surface area contributed by atoms with Crippen LogP contribution in [0.1, 0.15) is 23.2 Å². The summed E-state index contributed by atoms with van der Waals surface area (Å²) in [6, 6.07) is 5.86. The van der Waals surface area contributed by atoms with E-state index < -0.39 is 0 Å². The lowest BCUT2D eigenvalue weighted by molar-refractivity contribution is 0.0914. The molecule has 2 N–H and O–H groups in total. The van der Waals surface area contributed by atoms with Crippen LogP contribution in [0.5, 0.6) is 0 Å². The fourth-order valence-corrected chi connectivity index (χ4v) is 2.70. The minimum atomic E-state index is -0.0296. The van der Waals surface area contributed by atoms with E-state index in [4.69, 9.17) is 0 Å². The molecule has 0 bridgehead atoms. The van der Waals surface area contributed by atoms with Gasteiger partial charge in [0.05, 0.1) is 17.4 Å². The average molecular weight is 258 g/mol. The number of likely N-dealkylation sites (tertiary alicyclic amines) is 1. The molecule has 0 spiro atoms. The largest absolute Gasteiger partial charge is 0.348 e. The third kappa shape index (κ3) is 2.46. The summed E-state index contributed by atoms with van der Waals surface area (Å²) in [6.45, 7) is 2.03. The fraction of sp³-hybridized carbons (Fsp3) is 0.429. The first-order valence-electron chi connectivity index (χ1n) is 6.65. The van der Waals surface area contributed by atoms with Crippen molar-refractivity contribution in [2.24, 2.45) is 0 Å². The van der Waals surface area contributed by atoms with Crippen molar-refractivity contribution in [1.29, 1.82) is 0 Å². The van der Waals surface area contributed by atoms with Gasteiger partial charge < -0.3 is 15.2 Å². The molecule has 100 valence electrons. The number of imidazole rings is 1. The van der Waals surface area contributed by atoms with Gasteiger partial charge in [0.15, 0.2) is 0 Å². The van der Waals surface area contributed by atoms with Crippen molar-refractivity contribution < 1.29 is 4.79 Å². The molecule has 0 radical (unpaired) electrons. The van der Waals surface area contributed by atoms with E-state index in [1.807, 2.05) is 18.2 Å². The van der Waals surface area contributed by atoms with E-state index in [9.17, 15) is 4.79 Å². The maximum absolute atomic E-state index is 12.3. The van der Waals surface area contributed by atoms with E-state index in [-0.39, 0.29) is 11.9 Å². The zero-order valence-electron chi connectivity index (χ0n) is 11.0. The van der Waals surface area contributed by atoms with E-state index in [0.29, 0.717) is 5.56 Å². The maximum Gasteiger partial charge on any atom is 0.253 e. The number of aromatic nitrogens is 2. The van der Waals surface area contributed by atoms with Crippen LogP contribution in [0, 0.1) is 0 Å². The molecule has 0 saturated carbocycles. The Labute approximate surface area is 112 Å². The molecule has 5 nitrogen and oxygen atoms in total. The molecule has 2 aromatic rings. The van der Waals surface area contributed by atoms with E-state index >= 15 is 0 Å². The number of carbonyl (C=O) groups excluding carboxylic acids is 1. The number of nitrogens with zero attached hydrogens (tertiary/aromatic N) is 2. The average Bonchev–Trinajstić information content (AvgIpc) is 2.86. The van der Waals surface area contributed by atoms with Crippen LogP contribution in [0.4, 0.5) is 0 Å². The minimum absolute atomic E-state index is 0.0296. The summed E-state index contributed by atoms with van der Waals surface area (Å²) in [5.74, 6) is -0.0296. The quantitative estimate of drug-likeness (QED) is 0.855. The highest BCUT2D eigenvalue weighted by atomic mass is 16.1. The Hall–Kier alpha value is -1.88. The molecule has 1 aromatic heterocycles. The molecular weight excluding hydrogens is 240 g/mol. The number of carbonyl (C=O) groups is 1. The topological polar surface area (TPSA) is 61.0 Å². The number of hydrogen-bond acceptors (Lipinski definition) is 3. The lowest BCUT2D eigenvalue weighted by Crippen LogP contribution is -2.46. The van der Waals surface area contributed by atoms with Gasteiger partial charge in [-0.2, -0.15) is 0 Å². The molecule has 1 amide bonds. The van der Waals surface area contributed by atoms with Crippen LogP contribution in [-0.2, 0) is 0 Å². The predicted octanol–water partition coefficient (Wildman–Crippen LogP) is 1.39. The van der Waals surface area contributed by atoms with Gasteiger partial charge in [-0.25, -0.2) is 4.98 Å². The van der Waals surface area contributed by atoms with E-state index in [2.05, 4.69) is 27.2 Å². The molecule has 1 aromatic carbocycles. The van der Waals surface area contributed by atoms with Crippen LogP contribution in [0.15, 0.2) is 24.5 Å². The zero-order valence-corrected chi connectivity index (χ0v) is 11.0. The number of amides is 1. The van der Waals surface area contributed by atoms with Gasteiger partial charge in [-0.05, 0) is 38.6 Å². The number of rotatable bonds is 2. The van der Waals surface area contributed by atoms with Crippen LogP contribution < -0.4 is 5.32 Å². The highest BCUT2D eigenvalue weighted by Crippen LogP contribution is 2.15. The second-order valence-corrected chi connectivity index (χ2v) is 5.18. The molecule has 1 aliphatic heterocycles. The van der Waals surface area contributed by atoms with Crippen LogP contribution in [0.2, 0.25) is 0 Å². The van der Waals surface area contributed by atoms with Crippen LogP contribution in [0.3, 0.4) is 0 Å². The highest BCUT2D eigenvalue weighted by molar-refractivity contribution is 6.04. The van der Waals surface area contributed by atoms with Crippen molar-refractivity contribution in [3.63, 3.8) is 0 Å².